The van der Waals surface area contributed by atoms with Crippen molar-refractivity contribution in [1.29, 1.82) is 0 Å². The van der Waals surface area contributed by atoms with Gasteiger partial charge in [-0.1, -0.05) is 54.1 Å². The van der Waals surface area contributed by atoms with Crippen molar-refractivity contribution in [2.24, 2.45) is 5.92 Å². The number of halogens is 2. The van der Waals surface area contributed by atoms with Crippen LogP contribution in [0.1, 0.15) is 49.9 Å². The summed E-state index contributed by atoms with van der Waals surface area (Å²) in [6, 6.07) is 20.5. The maximum atomic E-state index is 14.9. The van der Waals surface area contributed by atoms with E-state index in [2.05, 4.69) is 15.6 Å². The van der Waals surface area contributed by atoms with Gasteiger partial charge in [0.2, 0.25) is 11.8 Å². The normalized spacial score (nSPS) is 17.3. The van der Waals surface area contributed by atoms with E-state index in [4.69, 9.17) is 25.8 Å². The molecule has 0 radical (unpaired) electrons. The van der Waals surface area contributed by atoms with Crippen molar-refractivity contribution >= 4 is 23.6 Å². The van der Waals surface area contributed by atoms with Gasteiger partial charge in [0.25, 0.3) is 0 Å². The molecule has 4 aromatic rings. The second-order valence-corrected chi connectivity index (χ2v) is 14.0. The zero-order valence-electron chi connectivity index (χ0n) is 28.9. The first-order valence-corrected chi connectivity index (χ1v) is 17.1. The lowest BCUT2D eigenvalue weighted by molar-refractivity contribution is -0.128. The summed E-state index contributed by atoms with van der Waals surface area (Å²) in [4.78, 5) is 31.3. The molecule has 51 heavy (non-hydrogen) atoms. The average molecular weight is 720 g/mol. The van der Waals surface area contributed by atoms with Gasteiger partial charge in [0.05, 0.1) is 25.3 Å². The predicted molar refractivity (Wildman–Crippen MR) is 191 cm³/mol. The summed E-state index contributed by atoms with van der Waals surface area (Å²) in [5.74, 6) is -1.02. The number of ether oxygens (including phenoxy) is 3. The van der Waals surface area contributed by atoms with E-state index in [9.17, 15) is 24.2 Å². The van der Waals surface area contributed by atoms with Gasteiger partial charge in [-0.25, -0.2) is 14.2 Å². The third-order valence-electron chi connectivity index (χ3n) is 8.57. The minimum absolute atomic E-state index is 0.0545. The molecule has 5 rings (SSSR count). The van der Waals surface area contributed by atoms with Crippen molar-refractivity contribution < 1.29 is 38.4 Å². The first kappa shape index (κ1) is 37.5. The van der Waals surface area contributed by atoms with E-state index in [-0.39, 0.29) is 31.4 Å². The molecule has 0 bridgehead atoms. The van der Waals surface area contributed by atoms with Gasteiger partial charge < -0.3 is 35.1 Å². The van der Waals surface area contributed by atoms with Gasteiger partial charge in [0.1, 0.15) is 29.9 Å². The molecule has 0 fully saturated rings. The fourth-order valence-electron chi connectivity index (χ4n) is 5.99. The molecule has 3 aromatic carbocycles. The number of nitrogens with one attached hydrogen (secondary N) is 2. The molecule has 0 saturated carbocycles. The number of aliphatic hydroxyl groups is 2. The van der Waals surface area contributed by atoms with Crippen molar-refractivity contribution in [3.05, 3.63) is 113 Å². The molecular weight excluding hydrogens is 677 g/mol. The number of rotatable bonds is 12. The van der Waals surface area contributed by atoms with E-state index < -0.39 is 53.6 Å². The third-order valence-corrected chi connectivity index (χ3v) is 8.81. The van der Waals surface area contributed by atoms with Gasteiger partial charge in [-0.3, -0.25) is 4.79 Å². The van der Waals surface area contributed by atoms with Crippen molar-refractivity contribution in [1.82, 2.24) is 15.6 Å². The number of carbonyl (C=O) groups is 2. The molecule has 1 aliphatic rings. The number of aromatic nitrogens is 1. The maximum Gasteiger partial charge on any atom is 0.407 e. The summed E-state index contributed by atoms with van der Waals surface area (Å²) in [6.45, 7) is 5.14. The number of hydrogen-bond donors (Lipinski definition) is 4. The number of nitrogens with zero attached hydrogens (tertiary/aromatic N) is 1. The molecule has 4 N–H and O–H groups in total. The summed E-state index contributed by atoms with van der Waals surface area (Å²) in [6.07, 6.45) is -1.40. The van der Waals surface area contributed by atoms with Crippen molar-refractivity contribution in [3.8, 4) is 22.8 Å². The number of hydrogen-bond acceptors (Lipinski definition) is 8. The Labute approximate surface area is 301 Å². The highest BCUT2D eigenvalue weighted by atomic mass is 35.5. The maximum absolute atomic E-state index is 14.9. The first-order valence-electron chi connectivity index (χ1n) is 16.7. The summed E-state index contributed by atoms with van der Waals surface area (Å²) in [7, 11) is 1.55. The Kier molecular flexibility index (Phi) is 12.2. The van der Waals surface area contributed by atoms with Gasteiger partial charge in [-0.15, -0.1) is 0 Å². The Morgan fingerprint density at radius 2 is 1.76 bits per heavy atom. The largest absolute Gasteiger partial charge is 0.490 e. The van der Waals surface area contributed by atoms with Crippen LogP contribution >= 0.6 is 11.6 Å². The molecule has 0 saturated heterocycles. The van der Waals surface area contributed by atoms with E-state index >= 15 is 0 Å². The van der Waals surface area contributed by atoms with Crippen LogP contribution < -0.4 is 20.1 Å². The number of methoxy groups -OCH3 is 1. The SMILES string of the molecule is COc1ccc(-c2ccc(C[C@H](NC(=O)OC(C)(C)C)[C@@H](O)C[C@@H](Cc3ccccc3F)C(=O)N[C@H]3c4cc(Cl)ccc4OC[C@H]3O)cc2)cn1. The zero-order chi connectivity index (χ0) is 36.7. The summed E-state index contributed by atoms with van der Waals surface area (Å²) < 4.78 is 31.2. The van der Waals surface area contributed by atoms with Crippen LogP contribution in [-0.4, -0.2) is 64.8 Å². The smallest absolute Gasteiger partial charge is 0.407 e. The Bertz CT molecular complexity index is 1800. The fraction of sp³-hybridized carbons (Fsp3) is 0.359. The van der Waals surface area contributed by atoms with Crippen molar-refractivity contribution in [3.63, 3.8) is 0 Å². The Hall–Kier alpha value is -4.71. The molecule has 1 aliphatic heterocycles. The second-order valence-electron chi connectivity index (χ2n) is 13.6. The highest BCUT2D eigenvalue weighted by Gasteiger charge is 2.35. The van der Waals surface area contributed by atoms with Crippen molar-refractivity contribution in [2.45, 2.75) is 69.9 Å². The lowest BCUT2D eigenvalue weighted by atomic mass is 9.87. The summed E-state index contributed by atoms with van der Waals surface area (Å²) in [5.41, 5.74) is 2.57. The van der Waals surface area contributed by atoms with Gasteiger partial charge in [-0.05, 0) is 87.1 Å². The van der Waals surface area contributed by atoms with Crippen LogP contribution in [-0.2, 0) is 22.4 Å². The number of fused-ring (bicyclic) bond motifs is 1. The molecule has 0 aliphatic carbocycles. The third kappa shape index (κ3) is 10.2. The van der Waals surface area contributed by atoms with E-state index in [0.717, 1.165) is 16.7 Å². The minimum Gasteiger partial charge on any atom is -0.490 e. The van der Waals surface area contributed by atoms with Gasteiger partial charge in [0.15, 0.2) is 0 Å². The first-order chi connectivity index (χ1) is 24.3. The number of benzene rings is 3. The molecule has 12 heteroatoms. The number of alkyl carbamates (subject to hydrolysis) is 1. The Morgan fingerprint density at radius 3 is 2.43 bits per heavy atom. The molecule has 1 aromatic heterocycles. The molecule has 5 atom stereocenters. The molecule has 2 amide bonds. The number of carbonyl (C=O) groups excluding carboxylic acids is 2. The number of amides is 2. The van der Waals surface area contributed by atoms with Crippen LogP contribution in [0.3, 0.4) is 0 Å². The van der Waals surface area contributed by atoms with E-state index in [1.165, 1.54) is 6.07 Å². The highest BCUT2D eigenvalue weighted by Crippen LogP contribution is 2.35. The average Bonchev–Trinajstić information content (AvgIpc) is 3.09. The van der Waals surface area contributed by atoms with Crippen LogP contribution in [0.25, 0.3) is 11.1 Å². The van der Waals surface area contributed by atoms with Gasteiger partial charge in [0, 0.05) is 34.3 Å². The molecule has 0 spiro atoms. The molecule has 0 unspecified atom stereocenters. The van der Waals surface area contributed by atoms with Crippen molar-refractivity contribution in [2.75, 3.05) is 13.7 Å². The lowest BCUT2D eigenvalue weighted by Crippen LogP contribution is -2.49. The molecular formula is C39H43ClFN3O7. The number of aliphatic hydroxyl groups excluding tert-OH is 2. The molecule has 270 valence electrons. The van der Waals surface area contributed by atoms with Gasteiger partial charge in [-0.2, -0.15) is 0 Å². The Balaban J connectivity index is 1.40. The Morgan fingerprint density at radius 1 is 1.04 bits per heavy atom. The molecule has 10 nitrogen and oxygen atoms in total. The standard InChI is InChI=1S/C39H43ClFN3O7/c1-39(2,3)51-38(48)43-31(17-23-9-11-24(12-10-23)26-13-16-35(49-4)42-21-26)32(45)19-27(18-25-7-5-6-8-30(25)41)37(47)44-36-29-20-28(40)14-15-34(29)50-22-33(36)46/h5-16,20-21,27,31-33,36,45-46H,17-19,22H2,1-4H3,(H,43,48)(H,44,47)/t27-,31+,32+,33-,36+/m1/s1. The highest BCUT2D eigenvalue weighted by molar-refractivity contribution is 6.30. The van der Waals surface area contributed by atoms with Crippen LogP contribution in [0.5, 0.6) is 11.6 Å². The quantitative estimate of drug-likeness (QED) is 0.136. The second kappa shape index (κ2) is 16.5. The van der Waals surface area contributed by atoms with Crippen LogP contribution in [0.15, 0.2) is 85.1 Å². The number of pyridine rings is 1. The van der Waals surface area contributed by atoms with Crippen LogP contribution in [0.4, 0.5) is 9.18 Å². The van der Waals surface area contributed by atoms with Gasteiger partial charge >= 0.3 is 6.09 Å². The summed E-state index contributed by atoms with van der Waals surface area (Å²) >= 11 is 6.24. The topological polar surface area (TPSA) is 139 Å². The predicted octanol–water partition coefficient (Wildman–Crippen LogP) is 6.21. The van der Waals surface area contributed by atoms with E-state index in [0.29, 0.717) is 22.2 Å². The molecule has 2 heterocycles. The fourth-order valence-corrected chi connectivity index (χ4v) is 6.17. The summed E-state index contributed by atoms with van der Waals surface area (Å²) in [5, 5.41) is 28.7. The van der Waals surface area contributed by atoms with Crippen LogP contribution in [0.2, 0.25) is 5.02 Å². The lowest BCUT2D eigenvalue weighted by Gasteiger charge is -2.33. The van der Waals surface area contributed by atoms with E-state index in [1.807, 2.05) is 30.3 Å². The monoisotopic (exact) mass is 719 g/mol. The minimum atomic E-state index is -1.27. The van der Waals surface area contributed by atoms with E-state index in [1.54, 1.807) is 76.5 Å². The zero-order valence-corrected chi connectivity index (χ0v) is 29.7. The van der Waals surface area contributed by atoms with Crippen LogP contribution in [0, 0.1) is 11.7 Å².